The van der Waals surface area contributed by atoms with Crippen LogP contribution in [0.25, 0.3) is 11.0 Å². The van der Waals surface area contributed by atoms with Gasteiger partial charge in [-0.3, -0.25) is 4.57 Å². The third-order valence-corrected chi connectivity index (χ3v) is 4.15. The number of hydrogen-bond acceptors (Lipinski definition) is 5. The summed E-state index contributed by atoms with van der Waals surface area (Å²) >= 11 is 0. The lowest BCUT2D eigenvalue weighted by Crippen LogP contribution is -2.17. The van der Waals surface area contributed by atoms with E-state index in [0.717, 1.165) is 5.56 Å². The highest BCUT2D eigenvalue weighted by molar-refractivity contribution is 5.93. The van der Waals surface area contributed by atoms with Gasteiger partial charge in [0.05, 0.1) is 43.5 Å². The first-order chi connectivity index (χ1) is 13.1. The van der Waals surface area contributed by atoms with E-state index in [0.29, 0.717) is 47.9 Å². The second-order valence-corrected chi connectivity index (χ2v) is 5.89. The second kappa shape index (κ2) is 7.99. The number of fused-ring (bicyclic) bond motifs is 1. The maximum atomic E-state index is 12.4. The molecule has 0 fully saturated rings. The van der Waals surface area contributed by atoms with Crippen LogP contribution >= 0.6 is 0 Å². The number of nitrogens with one attached hydrogen (secondary N) is 1. The number of nitrogens with zero attached hydrogens (tertiary/aromatic N) is 1. The molecule has 3 aromatic rings. The van der Waals surface area contributed by atoms with Crippen LogP contribution in [0.5, 0.6) is 11.5 Å². The predicted molar refractivity (Wildman–Crippen MR) is 102 cm³/mol. The third-order valence-electron chi connectivity index (χ3n) is 4.15. The van der Waals surface area contributed by atoms with Crippen molar-refractivity contribution in [2.75, 3.05) is 20.3 Å². The fraction of sp³-hybridized carbons (Fsp3) is 0.300. The van der Waals surface area contributed by atoms with Gasteiger partial charge in [-0.2, -0.15) is 0 Å². The van der Waals surface area contributed by atoms with Crippen molar-refractivity contribution in [3.8, 4) is 11.5 Å². The average molecular weight is 370 g/mol. The molecule has 2 aromatic carbocycles. The molecule has 0 atom stereocenters. The van der Waals surface area contributed by atoms with Gasteiger partial charge in [0.1, 0.15) is 0 Å². The number of ether oxygens (including phenoxy) is 3. The van der Waals surface area contributed by atoms with Crippen LogP contribution in [0.1, 0.15) is 29.8 Å². The highest BCUT2D eigenvalue weighted by atomic mass is 16.5. The lowest BCUT2D eigenvalue weighted by Gasteiger charge is -2.11. The van der Waals surface area contributed by atoms with Crippen LogP contribution < -0.4 is 15.2 Å². The number of benzene rings is 2. The van der Waals surface area contributed by atoms with Crippen molar-refractivity contribution in [1.29, 1.82) is 0 Å². The molecule has 0 aliphatic heterocycles. The Balaban J connectivity index is 1.95. The Bertz CT molecular complexity index is 1020. The van der Waals surface area contributed by atoms with Crippen LogP contribution in [-0.4, -0.2) is 35.8 Å². The quantitative estimate of drug-likeness (QED) is 0.647. The Labute approximate surface area is 156 Å². The number of aromatic nitrogens is 2. The van der Waals surface area contributed by atoms with E-state index in [1.54, 1.807) is 36.8 Å². The minimum atomic E-state index is -0.412. The summed E-state index contributed by atoms with van der Waals surface area (Å²) in [5.41, 5.74) is 2.35. The molecule has 0 spiro atoms. The monoisotopic (exact) mass is 370 g/mol. The Morgan fingerprint density at radius 1 is 1.07 bits per heavy atom. The summed E-state index contributed by atoms with van der Waals surface area (Å²) in [6, 6.07) is 10.6. The van der Waals surface area contributed by atoms with Crippen molar-refractivity contribution >= 4 is 17.0 Å². The summed E-state index contributed by atoms with van der Waals surface area (Å²) < 4.78 is 17.5. The molecule has 0 saturated carbocycles. The SMILES string of the molecule is CCOC(=O)c1ccc2c(c1)[nH]c(=O)n2Cc1ccc(OC)c(OCC)c1. The van der Waals surface area contributed by atoms with Crippen molar-refractivity contribution < 1.29 is 19.0 Å². The summed E-state index contributed by atoms with van der Waals surface area (Å²) in [7, 11) is 1.59. The molecule has 27 heavy (non-hydrogen) atoms. The number of imidazole rings is 1. The maximum Gasteiger partial charge on any atom is 0.338 e. The van der Waals surface area contributed by atoms with Crippen LogP contribution in [0.15, 0.2) is 41.2 Å². The van der Waals surface area contributed by atoms with Gasteiger partial charge in [0.25, 0.3) is 0 Å². The fourth-order valence-corrected chi connectivity index (χ4v) is 2.93. The first kappa shape index (κ1) is 18.6. The van der Waals surface area contributed by atoms with Gasteiger partial charge in [-0.25, -0.2) is 9.59 Å². The molecule has 0 bridgehead atoms. The Morgan fingerprint density at radius 2 is 1.89 bits per heavy atom. The molecule has 0 unspecified atom stereocenters. The van der Waals surface area contributed by atoms with Crippen LogP contribution in [0.2, 0.25) is 0 Å². The van der Waals surface area contributed by atoms with Crippen LogP contribution in [0, 0.1) is 0 Å². The Kier molecular flexibility index (Phi) is 5.49. The van der Waals surface area contributed by atoms with E-state index in [2.05, 4.69) is 4.98 Å². The number of hydrogen-bond donors (Lipinski definition) is 1. The molecule has 1 N–H and O–H groups in total. The van der Waals surface area contributed by atoms with E-state index in [-0.39, 0.29) is 5.69 Å². The summed E-state index contributed by atoms with van der Waals surface area (Å²) in [6.45, 7) is 4.83. The average Bonchev–Trinajstić information content (AvgIpc) is 2.97. The van der Waals surface area contributed by atoms with Gasteiger partial charge in [-0.1, -0.05) is 6.07 Å². The lowest BCUT2D eigenvalue weighted by atomic mass is 10.1. The molecule has 7 heteroatoms. The topological polar surface area (TPSA) is 82.6 Å². The highest BCUT2D eigenvalue weighted by Gasteiger charge is 2.13. The first-order valence-corrected chi connectivity index (χ1v) is 8.76. The molecule has 0 amide bonds. The van der Waals surface area contributed by atoms with Gasteiger partial charge in [0.2, 0.25) is 0 Å². The molecular weight excluding hydrogens is 348 g/mol. The minimum absolute atomic E-state index is 0.250. The molecular formula is C20H22N2O5. The van der Waals surface area contributed by atoms with Crippen molar-refractivity contribution in [2.24, 2.45) is 0 Å². The summed E-state index contributed by atoms with van der Waals surface area (Å²) in [6.07, 6.45) is 0. The molecule has 7 nitrogen and oxygen atoms in total. The van der Waals surface area contributed by atoms with Crippen LogP contribution in [-0.2, 0) is 11.3 Å². The zero-order valence-electron chi connectivity index (χ0n) is 15.6. The number of carbonyl (C=O) groups is 1. The number of aromatic amines is 1. The number of carbonyl (C=O) groups excluding carboxylic acids is 1. The molecule has 1 heterocycles. The second-order valence-electron chi connectivity index (χ2n) is 5.89. The standard InChI is InChI=1S/C20H22N2O5/c1-4-26-18-10-13(6-9-17(18)25-3)12-22-16-8-7-14(19(23)27-5-2)11-15(16)21-20(22)24/h6-11H,4-5,12H2,1-3H3,(H,21,24). The van der Waals surface area contributed by atoms with E-state index < -0.39 is 5.97 Å². The summed E-state index contributed by atoms with van der Waals surface area (Å²) in [4.78, 5) is 27.1. The molecule has 0 saturated heterocycles. The van der Waals surface area contributed by atoms with Crippen molar-refractivity contribution in [1.82, 2.24) is 9.55 Å². The summed E-state index contributed by atoms with van der Waals surface area (Å²) in [5.74, 6) is 0.866. The van der Waals surface area contributed by atoms with Gasteiger partial charge in [0.15, 0.2) is 11.5 Å². The van der Waals surface area contributed by atoms with E-state index in [4.69, 9.17) is 14.2 Å². The number of rotatable bonds is 7. The Hall–Kier alpha value is -3.22. The maximum absolute atomic E-state index is 12.4. The molecule has 0 aliphatic carbocycles. The third kappa shape index (κ3) is 3.81. The Morgan fingerprint density at radius 3 is 2.59 bits per heavy atom. The molecule has 1 aromatic heterocycles. The van der Waals surface area contributed by atoms with Crippen LogP contribution in [0.4, 0.5) is 0 Å². The molecule has 0 aliphatic rings. The largest absolute Gasteiger partial charge is 0.493 e. The minimum Gasteiger partial charge on any atom is -0.493 e. The van der Waals surface area contributed by atoms with Gasteiger partial charge < -0.3 is 19.2 Å². The van der Waals surface area contributed by atoms with Gasteiger partial charge in [0, 0.05) is 0 Å². The number of methoxy groups -OCH3 is 1. The normalized spacial score (nSPS) is 10.8. The zero-order chi connectivity index (χ0) is 19.4. The number of H-pyrrole nitrogens is 1. The highest BCUT2D eigenvalue weighted by Crippen LogP contribution is 2.28. The molecule has 142 valence electrons. The first-order valence-electron chi connectivity index (χ1n) is 8.76. The fourth-order valence-electron chi connectivity index (χ4n) is 2.93. The van der Waals surface area contributed by atoms with E-state index >= 15 is 0 Å². The summed E-state index contributed by atoms with van der Waals surface area (Å²) in [5, 5.41) is 0. The van der Waals surface area contributed by atoms with E-state index in [1.165, 1.54) is 0 Å². The smallest absolute Gasteiger partial charge is 0.338 e. The lowest BCUT2D eigenvalue weighted by molar-refractivity contribution is 0.0526. The van der Waals surface area contributed by atoms with Crippen molar-refractivity contribution in [3.63, 3.8) is 0 Å². The van der Waals surface area contributed by atoms with Gasteiger partial charge in [-0.15, -0.1) is 0 Å². The molecule has 0 radical (unpaired) electrons. The van der Waals surface area contributed by atoms with Crippen molar-refractivity contribution in [2.45, 2.75) is 20.4 Å². The predicted octanol–water partition coefficient (Wildman–Crippen LogP) is 2.96. The van der Waals surface area contributed by atoms with Crippen molar-refractivity contribution in [3.05, 3.63) is 58.0 Å². The van der Waals surface area contributed by atoms with E-state index in [9.17, 15) is 9.59 Å². The van der Waals surface area contributed by atoms with Crippen LogP contribution in [0.3, 0.4) is 0 Å². The molecule has 3 rings (SSSR count). The van der Waals surface area contributed by atoms with Gasteiger partial charge in [-0.05, 0) is 49.7 Å². The van der Waals surface area contributed by atoms with Gasteiger partial charge >= 0.3 is 11.7 Å². The van der Waals surface area contributed by atoms with E-state index in [1.807, 2.05) is 25.1 Å². The number of esters is 1. The zero-order valence-corrected chi connectivity index (χ0v) is 15.6.